The molecule has 0 unspecified atom stereocenters. The number of thiocarbonyl (C=S) groups is 1. The summed E-state index contributed by atoms with van der Waals surface area (Å²) in [6, 6.07) is 17.4. The fraction of sp³-hybridized carbons (Fsp3) is 0.250. The van der Waals surface area contributed by atoms with Crippen LogP contribution in [0.1, 0.15) is 24.0 Å². The van der Waals surface area contributed by atoms with E-state index in [4.69, 9.17) is 17.0 Å². The maximum absolute atomic E-state index is 11.9. The van der Waals surface area contributed by atoms with E-state index in [0.717, 1.165) is 16.8 Å². The number of aryl methyl sites for hydroxylation is 1. The monoisotopic (exact) mass is 370 g/mol. The van der Waals surface area contributed by atoms with Gasteiger partial charge in [0.15, 0.2) is 5.11 Å². The predicted molar refractivity (Wildman–Crippen MR) is 106 cm³/mol. The second kappa shape index (κ2) is 10.3. The van der Waals surface area contributed by atoms with Crippen LogP contribution in [0.4, 0.5) is 5.69 Å². The maximum Gasteiger partial charge on any atom is 0.306 e. The van der Waals surface area contributed by atoms with Crippen molar-refractivity contribution in [2.24, 2.45) is 0 Å². The van der Waals surface area contributed by atoms with Crippen molar-refractivity contribution >= 4 is 34.9 Å². The van der Waals surface area contributed by atoms with E-state index >= 15 is 0 Å². The minimum Gasteiger partial charge on any atom is -0.465 e. The van der Waals surface area contributed by atoms with E-state index < -0.39 is 5.97 Å². The van der Waals surface area contributed by atoms with Crippen LogP contribution in [0.3, 0.4) is 0 Å². The first kappa shape index (κ1) is 19.6. The molecule has 0 aliphatic heterocycles. The smallest absolute Gasteiger partial charge is 0.306 e. The van der Waals surface area contributed by atoms with Crippen molar-refractivity contribution in [3.63, 3.8) is 0 Å². The van der Waals surface area contributed by atoms with Gasteiger partial charge in [0.25, 0.3) is 0 Å². The Kier molecular flexibility index (Phi) is 7.76. The van der Waals surface area contributed by atoms with Crippen molar-refractivity contribution in [3.8, 4) is 0 Å². The Bertz CT molecular complexity index is 763. The number of carbonyl (C=O) groups excluding carboxylic acids is 2. The molecule has 0 aromatic heterocycles. The minimum atomic E-state index is -0.395. The van der Waals surface area contributed by atoms with Crippen LogP contribution in [0.5, 0.6) is 0 Å². The number of nitrogens with one attached hydrogen (secondary N) is 2. The van der Waals surface area contributed by atoms with Gasteiger partial charge in [-0.15, -0.1) is 0 Å². The third-order valence-corrected chi connectivity index (χ3v) is 3.79. The topological polar surface area (TPSA) is 67.4 Å². The Hall–Kier alpha value is -2.73. The molecule has 0 saturated heterocycles. The number of ether oxygens (including phenoxy) is 1. The van der Waals surface area contributed by atoms with Crippen LogP contribution < -0.4 is 10.6 Å². The number of hydrogen-bond donors (Lipinski definition) is 2. The Labute approximate surface area is 158 Å². The van der Waals surface area contributed by atoms with Gasteiger partial charge >= 0.3 is 5.97 Å². The molecule has 0 atom stereocenters. The third-order valence-electron chi connectivity index (χ3n) is 3.58. The van der Waals surface area contributed by atoms with E-state index in [9.17, 15) is 9.59 Å². The summed E-state index contributed by atoms with van der Waals surface area (Å²) in [6.45, 7) is 2.27. The molecule has 0 saturated carbocycles. The number of hydrogen-bond acceptors (Lipinski definition) is 4. The third kappa shape index (κ3) is 7.44. The highest BCUT2D eigenvalue weighted by Crippen LogP contribution is 2.09. The Morgan fingerprint density at radius 2 is 1.81 bits per heavy atom. The van der Waals surface area contributed by atoms with Gasteiger partial charge in [-0.3, -0.25) is 9.59 Å². The van der Waals surface area contributed by atoms with Gasteiger partial charge in [-0.2, -0.15) is 0 Å². The largest absolute Gasteiger partial charge is 0.465 e. The highest BCUT2D eigenvalue weighted by Gasteiger charge is 2.10. The van der Waals surface area contributed by atoms with Crippen molar-refractivity contribution in [1.29, 1.82) is 0 Å². The van der Waals surface area contributed by atoms with Crippen LogP contribution in [0, 0.1) is 6.92 Å². The van der Waals surface area contributed by atoms with Crippen molar-refractivity contribution in [1.82, 2.24) is 5.32 Å². The van der Waals surface area contributed by atoms with E-state index in [1.54, 1.807) is 0 Å². The van der Waals surface area contributed by atoms with Gasteiger partial charge in [0.2, 0.25) is 5.91 Å². The van der Waals surface area contributed by atoms with E-state index in [1.807, 2.05) is 61.5 Å². The molecule has 0 radical (unpaired) electrons. The molecule has 26 heavy (non-hydrogen) atoms. The lowest BCUT2D eigenvalue weighted by Crippen LogP contribution is -2.34. The van der Waals surface area contributed by atoms with E-state index in [0.29, 0.717) is 13.0 Å². The molecule has 0 spiro atoms. The van der Waals surface area contributed by atoms with Crippen molar-refractivity contribution < 1.29 is 14.3 Å². The van der Waals surface area contributed by atoms with Crippen molar-refractivity contribution in [3.05, 3.63) is 65.7 Å². The summed E-state index contributed by atoms with van der Waals surface area (Å²) in [5.74, 6) is -0.719. The molecule has 0 aliphatic carbocycles. The summed E-state index contributed by atoms with van der Waals surface area (Å²) in [5.41, 5.74) is 2.99. The highest BCUT2D eigenvalue weighted by molar-refractivity contribution is 7.80. The number of benzene rings is 2. The van der Waals surface area contributed by atoms with Gasteiger partial charge in [-0.25, -0.2) is 0 Å². The number of esters is 1. The fourth-order valence-corrected chi connectivity index (χ4v) is 2.52. The van der Waals surface area contributed by atoms with Gasteiger partial charge in [0.1, 0.15) is 0 Å². The molecule has 2 rings (SSSR count). The van der Waals surface area contributed by atoms with Crippen LogP contribution in [-0.2, 0) is 20.7 Å². The predicted octanol–water partition coefficient (Wildman–Crippen LogP) is 3.37. The molecule has 2 aromatic rings. The summed E-state index contributed by atoms with van der Waals surface area (Å²) < 4.78 is 5.14. The van der Waals surface area contributed by atoms with Gasteiger partial charge < -0.3 is 15.4 Å². The van der Waals surface area contributed by atoms with E-state index in [2.05, 4.69) is 10.6 Å². The quantitative estimate of drug-likeness (QED) is 0.578. The Morgan fingerprint density at radius 3 is 2.54 bits per heavy atom. The van der Waals surface area contributed by atoms with Crippen LogP contribution in [0.25, 0.3) is 0 Å². The molecule has 5 nitrogen and oxygen atoms in total. The summed E-state index contributed by atoms with van der Waals surface area (Å²) in [5, 5.41) is 5.70. The summed E-state index contributed by atoms with van der Waals surface area (Å²) in [6.07, 6.45) is 0.705. The summed E-state index contributed by atoms with van der Waals surface area (Å²) >= 11 is 5.10. The molecule has 6 heteroatoms. The zero-order chi connectivity index (χ0) is 18.8. The SMILES string of the molecule is Cc1cccc(NC(=S)NC(=O)CCC(=O)OCCc2ccccc2)c1. The standard InChI is InChI=1S/C20H22N2O3S/c1-15-6-5-9-17(14-15)21-20(26)22-18(23)10-11-19(24)25-13-12-16-7-3-2-4-8-16/h2-9,14H,10-13H2,1H3,(H2,21,22,23,26). The normalized spacial score (nSPS) is 10.0. The van der Waals surface area contributed by atoms with Crippen LogP contribution in [-0.4, -0.2) is 23.6 Å². The average molecular weight is 370 g/mol. The molecular formula is C20H22N2O3S. The summed E-state index contributed by atoms with van der Waals surface area (Å²) in [7, 11) is 0. The lowest BCUT2D eigenvalue weighted by Gasteiger charge is -2.10. The highest BCUT2D eigenvalue weighted by atomic mass is 32.1. The molecule has 136 valence electrons. The first-order valence-electron chi connectivity index (χ1n) is 8.40. The van der Waals surface area contributed by atoms with Gasteiger partial charge in [0, 0.05) is 18.5 Å². The van der Waals surface area contributed by atoms with Crippen LogP contribution >= 0.6 is 12.2 Å². The van der Waals surface area contributed by atoms with Crippen molar-refractivity contribution in [2.45, 2.75) is 26.2 Å². The summed E-state index contributed by atoms with van der Waals surface area (Å²) in [4.78, 5) is 23.6. The van der Waals surface area contributed by atoms with E-state index in [1.165, 1.54) is 0 Å². The Balaban J connectivity index is 1.63. The van der Waals surface area contributed by atoms with Crippen LogP contribution in [0.2, 0.25) is 0 Å². The van der Waals surface area contributed by atoms with Gasteiger partial charge in [-0.1, -0.05) is 42.5 Å². The average Bonchev–Trinajstić information content (AvgIpc) is 2.61. The second-order valence-corrected chi connectivity index (χ2v) is 6.24. The van der Waals surface area contributed by atoms with Crippen LogP contribution in [0.15, 0.2) is 54.6 Å². The molecule has 0 fully saturated rings. The van der Waals surface area contributed by atoms with Crippen molar-refractivity contribution in [2.75, 3.05) is 11.9 Å². The number of anilines is 1. The minimum absolute atomic E-state index is 0.0215. The first-order chi connectivity index (χ1) is 12.5. The maximum atomic E-state index is 11.9. The zero-order valence-electron chi connectivity index (χ0n) is 14.7. The lowest BCUT2D eigenvalue weighted by atomic mass is 10.2. The molecule has 1 amide bonds. The van der Waals surface area contributed by atoms with E-state index in [-0.39, 0.29) is 23.9 Å². The number of rotatable bonds is 7. The van der Waals surface area contributed by atoms with Gasteiger partial charge in [0.05, 0.1) is 13.0 Å². The molecular weight excluding hydrogens is 348 g/mol. The first-order valence-corrected chi connectivity index (χ1v) is 8.81. The number of carbonyl (C=O) groups is 2. The zero-order valence-corrected chi connectivity index (χ0v) is 15.5. The molecule has 0 bridgehead atoms. The second-order valence-electron chi connectivity index (χ2n) is 5.83. The van der Waals surface area contributed by atoms with Gasteiger partial charge in [-0.05, 0) is 42.4 Å². The molecule has 0 heterocycles. The molecule has 2 N–H and O–H groups in total. The lowest BCUT2D eigenvalue weighted by molar-refractivity contribution is -0.144. The molecule has 0 aliphatic rings. The Morgan fingerprint density at radius 1 is 1.04 bits per heavy atom. The number of amides is 1. The fourth-order valence-electron chi connectivity index (χ4n) is 2.29. The molecule has 2 aromatic carbocycles.